The molecule has 100 valence electrons. The average Bonchev–Trinajstić information content (AvgIpc) is 2.83. The molecule has 3 N–H and O–H groups in total. The number of rotatable bonds is 4. The number of hydrogen-bond donors (Lipinski definition) is 2. The Kier molecular flexibility index (Phi) is 4.44. The van der Waals surface area contributed by atoms with Gasteiger partial charge in [0.25, 0.3) is 5.91 Å². The minimum atomic E-state index is -0.101. The number of benzene rings is 1. The summed E-state index contributed by atoms with van der Waals surface area (Å²) in [6.45, 7) is 0.431. The van der Waals surface area contributed by atoms with E-state index in [1.165, 1.54) is 11.3 Å². The molecule has 0 saturated carbocycles. The predicted molar refractivity (Wildman–Crippen MR) is 80.6 cm³/mol. The standard InChI is InChI=1S/C13H13BrN2O2S/c1-18-11-3-2-8(4-10(11)15)6-16-13(17)9-5-12(14)19-7-9/h2-5,7H,6,15H2,1H3,(H,16,17). The highest BCUT2D eigenvalue weighted by molar-refractivity contribution is 9.11. The zero-order valence-electron chi connectivity index (χ0n) is 10.3. The van der Waals surface area contributed by atoms with Gasteiger partial charge in [-0.2, -0.15) is 0 Å². The molecule has 1 amide bonds. The predicted octanol–water partition coefficient (Wildman–Crippen LogP) is 3.03. The van der Waals surface area contributed by atoms with Gasteiger partial charge in [0.05, 0.1) is 22.1 Å². The van der Waals surface area contributed by atoms with Crippen LogP contribution in [0.3, 0.4) is 0 Å². The third-order valence-corrected chi connectivity index (χ3v) is 4.08. The van der Waals surface area contributed by atoms with Crippen LogP contribution in [0.1, 0.15) is 15.9 Å². The van der Waals surface area contributed by atoms with Crippen molar-refractivity contribution in [2.75, 3.05) is 12.8 Å². The van der Waals surface area contributed by atoms with Crippen molar-refractivity contribution in [1.29, 1.82) is 0 Å². The van der Waals surface area contributed by atoms with Crippen molar-refractivity contribution in [3.05, 3.63) is 44.6 Å². The Bertz CT molecular complexity index is 598. The topological polar surface area (TPSA) is 64.3 Å². The number of ether oxygens (including phenoxy) is 1. The van der Waals surface area contributed by atoms with Crippen molar-refractivity contribution < 1.29 is 9.53 Å². The van der Waals surface area contributed by atoms with E-state index in [-0.39, 0.29) is 5.91 Å². The Morgan fingerprint density at radius 2 is 2.26 bits per heavy atom. The molecule has 0 bridgehead atoms. The monoisotopic (exact) mass is 340 g/mol. The SMILES string of the molecule is COc1ccc(CNC(=O)c2csc(Br)c2)cc1N. The zero-order valence-corrected chi connectivity index (χ0v) is 12.7. The van der Waals surface area contributed by atoms with Gasteiger partial charge in [-0.05, 0) is 39.7 Å². The number of nitrogens with two attached hydrogens (primary N) is 1. The lowest BCUT2D eigenvalue weighted by atomic mass is 10.2. The Balaban J connectivity index is 1.99. The molecule has 1 heterocycles. The fourth-order valence-electron chi connectivity index (χ4n) is 1.61. The van der Waals surface area contributed by atoms with Crippen LogP contribution in [0.25, 0.3) is 0 Å². The van der Waals surface area contributed by atoms with E-state index in [0.29, 0.717) is 23.5 Å². The first kappa shape index (κ1) is 13.9. The van der Waals surface area contributed by atoms with Gasteiger partial charge in [-0.15, -0.1) is 11.3 Å². The van der Waals surface area contributed by atoms with E-state index < -0.39 is 0 Å². The maximum absolute atomic E-state index is 11.9. The van der Waals surface area contributed by atoms with Crippen molar-refractivity contribution in [3.63, 3.8) is 0 Å². The molecule has 0 radical (unpaired) electrons. The van der Waals surface area contributed by atoms with Gasteiger partial charge < -0.3 is 15.8 Å². The van der Waals surface area contributed by atoms with Crippen LogP contribution in [0.5, 0.6) is 5.75 Å². The molecular formula is C13H13BrN2O2S. The number of amides is 1. The number of carbonyl (C=O) groups excluding carboxylic acids is 1. The Morgan fingerprint density at radius 1 is 1.47 bits per heavy atom. The van der Waals surface area contributed by atoms with Gasteiger partial charge in [0, 0.05) is 11.9 Å². The molecule has 0 unspecified atom stereocenters. The van der Waals surface area contributed by atoms with Crippen molar-refractivity contribution in [2.24, 2.45) is 0 Å². The molecule has 19 heavy (non-hydrogen) atoms. The van der Waals surface area contributed by atoms with Gasteiger partial charge in [0.2, 0.25) is 0 Å². The molecule has 1 aromatic carbocycles. The van der Waals surface area contributed by atoms with E-state index >= 15 is 0 Å². The lowest BCUT2D eigenvalue weighted by Gasteiger charge is -2.08. The summed E-state index contributed by atoms with van der Waals surface area (Å²) in [4.78, 5) is 11.9. The number of hydrogen-bond acceptors (Lipinski definition) is 4. The maximum atomic E-state index is 11.9. The van der Waals surface area contributed by atoms with Crippen molar-refractivity contribution in [2.45, 2.75) is 6.54 Å². The average molecular weight is 341 g/mol. The summed E-state index contributed by atoms with van der Waals surface area (Å²) in [7, 11) is 1.57. The van der Waals surface area contributed by atoms with E-state index in [2.05, 4.69) is 21.2 Å². The number of thiophene rings is 1. The largest absolute Gasteiger partial charge is 0.495 e. The fraction of sp³-hybridized carbons (Fsp3) is 0.154. The molecule has 4 nitrogen and oxygen atoms in total. The van der Waals surface area contributed by atoms with Crippen LogP contribution in [0.4, 0.5) is 5.69 Å². The first-order chi connectivity index (χ1) is 9.10. The number of nitrogen functional groups attached to an aromatic ring is 1. The van der Waals surface area contributed by atoms with E-state index in [9.17, 15) is 4.79 Å². The van der Waals surface area contributed by atoms with Crippen molar-refractivity contribution in [3.8, 4) is 5.75 Å². The molecule has 0 spiro atoms. The number of carbonyl (C=O) groups is 1. The first-order valence-corrected chi connectivity index (χ1v) is 7.22. The summed E-state index contributed by atoms with van der Waals surface area (Å²) >= 11 is 4.81. The minimum Gasteiger partial charge on any atom is -0.495 e. The molecule has 0 aliphatic rings. The van der Waals surface area contributed by atoms with E-state index in [1.54, 1.807) is 25.3 Å². The molecule has 0 aliphatic heterocycles. The smallest absolute Gasteiger partial charge is 0.252 e. The number of anilines is 1. The Hall–Kier alpha value is -1.53. The quantitative estimate of drug-likeness (QED) is 0.840. The van der Waals surface area contributed by atoms with Gasteiger partial charge in [-0.3, -0.25) is 4.79 Å². The second kappa shape index (κ2) is 6.08. The van der Waals surface area contributed by atoms with E-state index in [0.717, 1.165) is 9.35 Å². The van der Waals surface area contributed by atoms with Crippen molar-refractivity contribution >= 4 is 38.9 Å². The van der Waals surface area contributed by atoms with Crippen LogP contribution < -0.4 is 15.8 Å². The molecular weight excluding hydrogens is 328 g/mol. The summed E-state index contributed by atoms with van der Waals surface area (Å²) < 4.78 is 6.02. The molecule has 0 aliphatic carbocycles. The molecule has 2 rings (SSSR count). The molecule has 0 atom stereocenters. The van der Waals surface area contributed by atoms with Crippen LogP contribution in [0.15, 0.2) is 33.4 Å². The summed E-state index contributed by atoms with van der Waals surface area (Å²) in [5.74, 6) is 0.535. The normalized spacial score (nSPS) is 10.2. The van der Waals surface area contributed by atoms with E-state index in [4.69, 9.17) is 10.5 Å². The fourth-order valence-corrected chi connectivity index (χ4v) is 2.74. The lowest BCUT2D eigenvalue weighted by molar-refractivity contribution is 0.0951. The van der Waals surface area contributed by atoms with Gasteiger partial charge in [0.15, 0.2) is 0 Å². The van der Waals surface area contributed by atoms with Crippen LogP contribution in [0.2, 0.25) is 0 Å². The zero-order chi connectivity index (χ0) is 13.8. The van der Waals surface area contributed by atoms with E-state index in [1.807, 2.05) is 11.4 Å². The van der Waals surface area contributed by atoms with Crippen molar-refractivity contribution in [1.82, 2.24) is 5.32 Å². The van der Waals surface area contributed by atoms with Gasteiger partial charge in [0.1, 0.15) is 5.75 Å². The second-order valence-corrected chi connectivity index (χ2v) is 6.19. The summed E-state index contributed by atoms with van der Waals surface area (Å²) in [6, 6.07) is 7.25. The molecule has 6 heteroatoms. The second-order valence-electron chi connectivity index (χ2n) is 3.90. The molecule has 2 aromatic rings. The highest BCUT2D eigenvalue weighted by atomic mass is 79.9. The maximum Gasteiger partial charge on any atom is 0.252 e. The minimum absolute atomic E-state index is 0.101. The van der Waals surface area contributed by atoms with Crippen LogP contribution >= 0.6 is 27.3 Å². The molecule has 0 fully saturated rings. The van der Waals surface area contributed by atoms with Crippen LogP contribution in [-0.2, 0) is 6.54 Å². The number of nitrogens with one attached hydrogen (secondary N) is 1. The summed E-state index contributed by atoms with van der Waals surface area (Å²) in [5, 5.41) is 4.65. The van der Waals surface area contributed by atoms with Gasteiger partial charge in [-0.1, -0.05) is 6.07 Å². The third kappa shape index (κ3) is 3.48. The highest BCUT2D eigenvalue weighted by Crippen LogP contribution is 2.22. The highest BCUT2D eigenvalue weighted by Gasteiger charge is 2.08. The Morgan fingerprint density at radius 3 is 2.84 bits per heavy atom. The van der Waals surface area contributed by atoms with Crippen LogP contribution in [0, 0.1) is 0 Å². The lowest BCUT2D eigenvalue weighted by Crippen LogP contribution is -2.22. The summed E-state index contributed by atoms with van der Waals surface area (Å²) in [6.07, 6.45) is 0. The third-order valence-electron chi connectivity index (χ3n) is 2.58. The van der Waals surface area contributed by atoms with Crippen LogP contribution in [-0.4, -0.2) is 13.0 Å². The number of methoxy groups -OCH3 is 1. The summed E-state index contributed by atoms with van der Waals surface area (Å²) in [5.41, 5.74) is 7.96. The molecule has 1 aromatic heterocycles. The Labute approximate surface area is 123 Å². The first-order valence-electron chi connectivity index (χ1n) is 5.55. The van der Waals surface area contributed by atoms with Gasteiger partial charge >= 0.3 is 0 Å². The molecule has 0 saturated heterocycles. The van der Waals surface area contributed by atoms with Gasteiger partial charge in [-0.25, -0.2) is 0 Å². The number of halogens is 1.